The summed E-state index contributed by atoms with van der Waals surface area (Å²) in [6.07, 6.45) is 9.25. The van der Waals surface area contributed by atoms with Gasteiger partial charge in [-0.3, -0.25) is 4.79 Å². The number of nitrogens with one attached hydrogen (secondary N) is 1. The Morgan fingerprint density at radius 3 is 2.14 bits per heavy atom. The molecule has 1 aliphatic carbocycles. The van der Waals surface area contributed by atoms with Gasteiger partial charge in [-0.1, -0.05) is 49.4 Å². The SMILES string of the molecule is CC(C)(C)OC(=O)N1CCCC1.O=C(NC1CCCCCC1)c1ccccc1Cl. The van der Waals surface area contributed by atoms with Gasteiger partial charge in [-0.2, -0.15) is 0 Å². The summed E-state index contributed by atoms with van der Waals surface area (Å²) in [6, 6.07) is 7.53. The van der Waals surface area contributed by atoms with Crippen molar-refractivity contribution in [2.45, 2.75) is 83.8 Å². The number of hydrogen-bond acceptors (Lipinski definition) is 3. The van der Waals surface area contributed by atoms with E-state index in [1.807, 2.05) is 32.9 Å². The zero-order valence-electron chi connectivity index (χ0n) is 18.0. The van der Waals surface area contributed by atoms with Crippen molar-refractivity contribution in [3.8, 4) is 0 Å². The predicted molar refractivity (Wildman–Crippen MR) is 117 cm³/mol. The average molecular weight is 423 g/mol. The lowest BCUT2D eigenvalue weighted by Crippen LogP contribution is -2.34. The number of ether oxygens (including phenoxy) is 1. The normalized spacial score (nSPS) is 17.7. The molecule has 1 saturated carbocycles. The molecule has 2 aliphatic rings. The van der Waals surface area contributed by atoms with Crippen molar-refractivity contribution in [3.05, 3.63) is 34.9 Å². The number of hydrogen-bond donors (Lipinski definition) is 1. The minimum Gasteiger partial charge on any atom is -0.444 e. The Morgan fingerprint density at radius 1 is 1.00 bits per heavy atom. The Hall–Kier alpha value is -1.75. The molecule has 1 N–H and O–H groups in total. The first-order valence-corrected chi connectivity index (χ1v) is 11.2. The molecule has 1 heterocycles. The number of nitrogens with zero attached hydrogens (tertiary/aromatic N) is 1. The highest BCUT2D eigenvalue weighted by atomic mass is 35.5. The van der Waals surface area contributed by atoms with Crippen LogP contribution in [0.2, 0.25) is 5.02 Å². The summed E-state index contributed by atoms with van der Waals surface area (Å²) in [5.74, 6) is -0.0394. The Balaban J connectivity index is 0.000000221. The Kier molecular flexibility index (Phi) is 9.28. The summed E-state index contributed by atoms with van der Waals surface area (Å²) in [5.41, 5.74) is 0.220. The lowest BCUT2D eigenvalue weighted by Gasteiger charge is -2.23. The molecule has 0 bridgehead atoms. The van der Waals surface area contributed by atoms with Crippen LogP contribution in [0, 0.1) is 0 Å². The van der Waals surface area contributed by atoms with Gasteiger partial charge in [0.1, 0.15) is 5.60 Å². The van der Waals surface area contributed by atoms with Crippen LogP contribution in [-0.4, -0.2) is 41.6 Å². The van der Waals surface area contributed by atoms with Crippen molar-refractivity contribution in [3.63, 3.8) is 0 Å². The van der Waals surface area contributed by atoms with Crippen molar-refractivity contribution in [1.29, 1.82) is 0 Å². The van der Waals surface area contributed by atoms with E-state index in [4.69, 9.17) is 16.3 Å². The van der Waals surface area contributed by atoms with Crippen molar-refractivity contribution < 1.29 is 14.3 Å². The van der Waals surface area contributed by atoms with Gasteiger partial charge < -0.3 is 15.0 Å². The number of carbonyl (C=O) groups is 2. The van der Waals surface area contributed by atoms with Crippen molar-refractivity contribution >= 4 is 23.6 Å². The molecule has 5 nitrogen and oxygen atoms in total. The molecular weight excluding hydrogens is 388 g/mol. The largest absolute Gasteiger partial charge is 0.444 e. The fourth-order valence-electron chi connectivity index (χ4n) is 3.56. The van der Waals surface area contributed by atoms with Crippen molar-refractivity contribution in [1.82, 2.24) is 10.2 Å². The van der Waals surface area contributed by atoms with Crippen LogP contribution in [0.25, 0.3) is 0 Å². The van der Waals surface area contributed by atoms with E-state index in [1.54, 1.807) is 17.0 Å². The first kappa shape index (κ1) is 23.5. The van der Waals surface area contributed by atoms with Gasteiger partial charge in [0.25, 0.3) is 5.91 Å². The monoisotopic (exact) mass is 422 g/mol. The molecule has 2 amide bonds. The number of benzene rings is 1. The molecule has 0 radical (unpaired) electrons. The number of amides is 2. The second-order valence-corrected chi connectivity index (χ2v) is 9.22. The molecule has 1 saturated heterocycles. The average Bonchev–Trinajstić information content (AvgIpc) is 3.07. The van der Waals surface area contributed by atoms with Crippen LogP contribution in [0.4, 0.5) is 4.79 Å². The molecule has 1 aromatic carbocycles. The van der Waals surface area contributed by atoms with Gasteiger partial charge in [0.05, 0.1) is 10.6 Å². The van der Waals surface area contributed by atoms with Crippen LogP contribution in [-0.2, 0) is 4.74 Å². The molecule has 1 aromatic rings. The van der Waals surface area contributed by atoms with Gasteiger partial charge in [-0.25, -0.2) is 4.79 Å². The zero-order valence-corrected chi connectivity index (χ0v) is 18.8. The van der Waals surface area contributed by atoms with Gasteiger partial charge in [0.2, 0.25) is 0 Å². The van der Waals surface area contributed by atoms with E-state index in [-0.39, 0.29) is 17.6 Å². The van der Waals surface area contributed by atoms with E-state index in [9.17, 15) is 9.59 Å². The van der Waals surface area contributed by atoms with E-state index in [0.717, 1.165) is 38.8 Å². The maximum absolute atomic E-state index is 12.1. The first-order chi connectivity index (χ1) is 13.8. The van der Waals surface area contributed by atoms with Crippen molar-refractivity contribution in [2.24, 2.45) is 0 Å². The third kappa shape index (κ3) is 8.65. The third-order valence-corrected chi connectivity index (χ3v) is 5.40. The topological polar surface area (TPSA) is 58.6 Å². The first-order valence-electron chi connectivity index (χ1n) is 10.8. The Bertz CT molecular complexity index is 658. The molecule has 3 rings (SSSR count). The lowest BCUT2D eigenvalue weighted by molar-refractivity contribution is 0.0295. The Labute approximate surface area is 180 Å². The standard InChI is InChI=1S/C14H18ClNO.C9H17NO2/c15-13-10-6-5-9-12(13)14(17)16-11-7-3-1-2-4-8-11;1-9(2,3)12-8(11)10-6-4-5-7-10/h5-6,9-11H,1-4,7-8H2,(H,16,17);4-7H2,1-3H3. The summed E-state index contributed by atoms with van der Waals surface area (Å²) < 4.78 is 5.21. The molecule has 0 aromatic heterocycles. The van der Waals surface area contributed by atoms with Crippen LogP contribution < -0.4 is 5.32 Å². The minimum absolute atomic E-state index is 0.0394. The molecule has 0 spiro atoms. The molecule has 0 atom stereocenters. The van der Waals surface area contributed by atoms with E-state index in [2.05, 4.69) is 5.32 Å². The second-order valence-electron chi connectivity index (χ2n) is 8.82. The maximum atomic E-state index is 12.1. The summed E-state index contributed by atoms with van der Waals surface area (Å²) >= 11 is 6.01. The zero-order chi connectivity index (χ0) is 21.3. The van der Waals surface area contributed by atoms with Gasteiger partial charge in [-0.15, -0.1) is 0 Å². The summed E-state index contributed by atoms with van der Waals surface area (Å²) in [6.45, 7) is 7.38. The van der Waals surface area contributed by atoms with Gasteiger partial charge in [-0.05, 0) is 58.6 Å². The highest BCUT2D eigenvalue weighted by Crippen LogP contribution is 2.19. The van der Waals surface area contributed by atoms with Crippen molar-refractivity contribution in [2.75, 3.05) is 13.1 Å². The molecule has 0 unspecified atom stereocenters. The minimum atomic E-state index is -0.361. The summed E-state index contributed by atoms with van der Waals surface area (Å²) in [7, 11) is 0. The molecular formula is C23H35ClN2O3. The molecule has 2 fully saturated rings. The van der Waals surface area contributed by atoms with Crippen LogP contribution in [0.3, 0.4) is 0 Å². The van der Waals surface area contributed by atoms with Crippen LogP contribution in [0.15, 0.2) is 24.3 Å². The fraction of sp³-hybridized carbons (Fsp3) is 0.652. The van der Waals surface area contributed by atoms with Crippen LogP contribution in [0.5, 0.6) is 0 Å². The van der Waals surface area contributed by atoms with Gasteiger partial charge >= 0.3 is 6.09 Å². The lowest BCUT2D eigenvalue weighted by atomic mass is 10.1. The predicted octanol–water partition coefficient (Wildman–Crippen LogP) is 5.81. The number of halogens is 1. The Morgan fingerprint density at radius 2 is 1.59 bits per heavy atom. The van der Waals surface area contributed by atoms with E-state index < -0.39 is 0 Å². The van der Waals surface area contributed by atoms with Crippen LogP contribution in [0.1, 0.15) is 82.5 Å². The van der Waals surface area contributed by atoms with E-state index >= 15 is 0 Å². The highest BCUT2D eigenvalue weighted by molar-refractivity contribution is 6.33. The molecule has 6 heteroatoms. The molecule has 162 valence electrons. The molecule has 1 aliphatic heterocycles. The molecule has 29 heavy (non-hydrogen) atoms. The summed E-state index contributed by atoms with van der Waals surface area (Å²) in [5, 5.41) is 3.62. The van der Waals surface area contributed by atoms with Crippen LogP contribution >= 0.6 is 11.6 Å². The number of rotatable bonds is 2. The highest BCUT2D eigenvalue weighted by Gasteiger charge is 2.24. The maximum Gasteiger partial charge on any atom is 0.410 e. The van der Waals surface area contributed by atoms with Gasteiger partial charge in [0.15, 0.2) is 0 Å². The third-order valence-electron chi connectivity index (χ3n) is 5.07. The van der Waals surface area contributed by atoms with E-state index in [1.165, 1.54) is 25.7 Å². The quantitative estimate of drug-likeness (QED) is 0.611. The smallest absolute Gasteiger partial charge is 0.410 e. The van der Waals surface area contributed by atoms with E-state index in [0.29, 0.717) is 16.6 Å². The summed E-state index contributed by atoms with van der Waals surface area (Å²) in [4.78, 5) is 25.2. The number of carbonyl (C=O) groups excluding carboxylic acids is 2. The fourth-order valence-corrected chi connectivity index (χ4v) is 3.78. The number of likely N-dealkylation sites (tertiary alicyclic amines) is 1. The second kappa shape index (κ2) is 11.4. The van der Waals surface area contributed by atoms with Gasteiger partial charge in [0, 0.05) is 19.1 Å².